The number of thiazole rings is 1. The quantitative estimate of drug-likeness (QED) is 0.441. The van der Waals surface area contributed by atoms with Crippen molar-refractivity contribution in [3.05, 3.63) is 81.0 Å². The molecular formula is C22H22ClFN2O2S. The van der Waals surface area contributed by atoms with Gasteiger partial charge in [-0.3, -0.25) is 4.79 Å². The van der Waals surface area contributed by atoms with Crippen LogP contribution in [-0.2, 0) is 13.2 Å². The van der Waals surface area contributed by atoms with Crippen LogP contribution in [0.3, 0.4) is 0 Å². The number of amides is 1. The van der Waals surface area contributed by atoms with Crippen molar-refractivity contribution in [3.63, 3.8) is 0 Å². The van der Waals surface area contributed by atoms with Crippen LogP contribution in [0.15, 0.2) is 53.9 Å². The van der Waals surface area contributed by atoms with E-state index in [9.17, 15) is 9.18 Å². The lowest BCUT2D eigenvalue weighted by Gasteiger charge is -2.28. The zero-order chi connectivity index (χ0) is 20.8. The fourth-order valence-electron chi connectivity index (χ4n) is 2.78. The summed E-state index contributed by atoms with van der Waals surface area (Å²) in [6.07, 6.45) is 0.761. The maximum atomic E-state index is 14.1. The van der Waals surface area contributed by atoms with Crippen LogP contribution < -0.4 is 4.74 Å². The predicted molar refractivity (Wildman–Crippen MR) is 114 cm³/mol. The Morgan fingerprint density at radius 3 is 2.66 bits per heavy atom. The monoisotopic (exact) mass is 432 g/mol. The first-order valence-corrected chi connectivity index (χ1v) is 10.6. The molecule has 0 fully saturated rings. The number of hydrogen-bond acceptors (Lipinski definition) is 4. The van der Waals surface area contributed by atoms with E-state index in [1.54, 1.807) is 41.3 Å². The maximum Gasteiger partial charge on any atom is 0.257 e. The van der Waals surface area contributed by atoms with Crippen molar-refractivity contribution in [1.29, 1.82) is 0 Å². The van der Waals surface area contributed by atoms with Crippen LogP contribution >= 0.6 is 22.9 Å². The fraction of sp³-hybridized carbons (Fsp3) is 0.273. The summed E-state index contributed by atoms with van der Waals surface area (Å²) >= 11 is 7.35. The van der Waals surface area contributed by atoms with Crippen LogP contribution in [-0.4, -0.2) is 21.8 Å². The fourth-order valence-corrected chi connectivity index (χ4v) is 3.60. The first-order valence-electron chi connectivity index (χ1n) is 9.35. The van der Waals surface area contributed by atoms with Crippen molar-refractivity contribution in [2.75, 3.05) is 0 Å². The van der Waals surface area contributed by atoms with Crippen molar-refractivity contribution in [2.24, 2.45) is 0 Å². The molecule has 0 aliphatic carbocycles. The van der Waals surface area contributed by atoms with Gasteiger partial charge in [0.2, 0.25) is 0 Å². The lowest BCUT2D eigenvalue weighted by Crippen LogP contribution is -2.38. The van der Waals surface area contributed by atoms with Crippen LogP contribution in [0.25, 0.3) is 0 Å². The summed E-state index contributed by atoms with van der Waals surface area (Å²) in [7, 11) is 0. The summed E-state index contributed by atoms with van der Waals surface area (Å²) in [5.41, 5.74) is 0.837. The van der Waals surface area contributed by atoms with Crippen molar-refractivity contribution in [2.45, 2.75) is 39.5 Å². The number of ether oxygens (including phenoxy) is 1. The summed E-state index contributed by atoms with van der Waals surface area (Å²) in [6.45, 7) is 4.60. The molecule has 0 aliphatic heterocycles. The molecule has 0 bridgehead atoms. The smallest absolute Gasteiger partial charge is 0.257 e. The van der Waals surface area contributed by atoms with Crippen molar-refractivity contribution in [1.82, 2.24) is 9.88 Å². The Hall–Kier alpha value is -2.44. The average Bonchev–Trinajstić information content (AvgIpc) is 3.18. The number of halogens is 2. The molecule has 7 heteroatoms. The summed E-state index contributed by atoms with van der Waals surface area (Å²) in [4.78, 5) is 19.2. The topological polar surface area (TPSA) is 42.4 Å². The van der Waals surface area contributed by atoms with E-state index in [1.165, 1.54) is 23.5 Å². The van der Waals surface area contributed by atoms with E-state index in [2.05, 4.69) is 4.98 Å². The Balaban J connectivity index is 1.69. The van der Waals surface area contributed by atoms with Gasteiger partial charge < -0.3 is 9.64 Å². The second-order valence-electron chi connectivity index (χ2n) is 6.65. The highest BCUT2D eigenvalue weighted by atomic mass is 35.5. The van der Waals surface area contributed by atoms with E-state index < -0.39 is 5.82 Å². The largest absolute Gasteiger partial charge is 0.486 e. The minimum Gasteiger partial charge on any atom is -0.486 e. The molecule has 1 atom stereocenters. The molecule has 152 valence electrons. The zero-order valence-electron chi connectivity index (χ0n) is 16.3. The Kier molecular flexibility index (Phi) is 7.23. The number of benzene rings is 2. The van der Waals surface area contributed by atoms with Gasteiger partial charge in [0.15, 0.2) is 0 Å². The minimum absolute atomic E-state index is 0.0439. The summed E-state index contributed by atoms with van der Waals surface area (Å²) < 4.78 is 19.8. The third-order valence-corrected chi connectivity index (χ3v) is 5.72. The lowest BCUT2D eigenvalue weighted by molar-refractivity contribution is 0.0664. The second kappa shape index (κ2) is 9.85. The molecule has 0 spiro atoms. The van der Waals surface area contributed by atoms with Crippen molar-refractivity contribution >= 4 is 28.8 Å². The van der Waals surface area contributed by atoms with Gasteiger partial charge in [-0.25, -0.2) is 9.37 Å². The molecule has 0 aliphatic rings. The van der Waals surface area contributed by atoms with Gasteiger partial charge in [-0.2, -0.15) is 0 Å². The van der Waals surface area contributed by atoms with Crippen LogP contribution in [0.2, 0.25) is 5.02 Å². The highest BCUT2D eigenvalue weighted by molar-refractivity contribution is 7.09. The van der Waals surface area contributed by atoms with Crippen LogP contribution in [0.5, 0.6) is 5.75 Å². The van der Waals surface area contributed by atoms with E-state index in [4.69, 9.17) is 16.3 Å². The lowest BCUT2D eigenvalue weighted by atomic mass is 10.1. The zero-order valence-corrected chi connectivity index (χ0v) is 17.8. The van der Waals surface area contributed by atoms with Crippen LogP contribution in [0.1, 0.15) is 41.3 Å². The predicted octanol–water partition coefficient (Wildman–Crippen LogP) is 5.96. The molecule has 2 aromatic carbocycles. The Morgan fingerprint density at radius 2 is 1.97 bits per heavy atom. The van der Waals surface area contributed by atoms with E-state index in [1.807, 2.05) is 19.2 Å². The molecular weight excluding hydrogens is 411 g/mol. The standard InChI is InChI=1S/C22H22ClFN2O2S/c1-3-15(2)26(22(27)19-6-4-5-7-20(19)24)12-17-14-29-21(25-17)13-28-18-10-8-16(23)9-11-18/h4-11,14-15H,3,12-13H2,1-2H3/t15-/m1/s1. The van der Waals surface area contributed by atoms with Crippen molar-refractivity contribution < 1.29 is 13.9 Å². The van der Waals surface area contributed by atoms with E-state index in [0.29, 0.717) is 23.9 Å². The molecule has 0 N–H and O–H groups in total. The van der Waals surface area contributed by atoms with Gasteiger partial charge in [-0.15, -0.1) is 11.3 Å². The summed E-state index contributed by atoms with van der Waals surface area (Å²) in [5.74, 6) is -0.132. The number of carbonyl (C=O) groups excluding carboxylic acids is 1. The number of rotatable bonds is 8. The molecule has 4 nitrogen and oxygen atoms in total. The summed E-state index contributed by atoms with van der Waals surface area (Å²) in [6, 6.07) is 13.1. The molecule has 0 saturated heterocycles. The third kappa shape index (κ3) is 5.55. The van der Waals surface area contributed by atoms with E-state index in [0.717, 1.165) is 17.1 Å². The van der Waals surface area contributed by atoms with Gasteiger partial charge in [0.25, 0.3) is 5.91 Å². The van der Waals surface area contributed by atoms with Gasteiger partial charge in [0.05, 0.1) is 17.8 Å². The third-order valence-electron chi connectivity index (χ3n) is 4.60. The first-order chi connectivity index (χ1) is 14.0. The number of carbonyl (C=O) groups is 1. The van der Waals surface area contributed by atoms with Gasteiger partial charge in [-0.1, -0.05) is 30.7 Å². The SMILES string of the molecule is CC[C@@H](C)N(Cc1csc(COc2ccc(Cl)cc2)n1)C(=O)c1ccccc1F. The second-order valence-corrected chi connectivity index (χ2v) is 8.02. The number of hydrogen-bond donors (Lipinski definition) is 0. The van der Waals surface area contributed by atoms with Gasteiger partial charge in [0, 0.05) is 16.4 Å². The van der Waals surface area contributed by atoms with Crippen molar-refractivity contribution in [3.8, 4) is 5.75 Å². The van der Waals surface area contributed by atoms with E-state index in [-0.39, 0.29) is 17.5 Å². The Bertz CT molecular complexity index is 961. The molecule has 1 amide bonds. The maximum absolute atomic E-state index is 14.1. The molecule has 0 saturated carbocycles. The molecule has 1 aromatic heterocycles. The molecule has 0 radical (unpaired) electrons. The molecule has 29 heavy (non-hydrogen) atoms. The Morgan fingerprint density at radius 1 is 1.24 bits per heavy atom. The first kappa shape index (κ1) is 21.3. The highest BCUT2D eigenvalue weighted by Crippen LogP contribution is 2.21. The molecule has 0 unspecified atom stereocenters. The van der Waals surface area contributed by atoms with E-state index >= 15 is 0 Å². The molecule has 1 heterocycles. The highest BCUT2D eigenvalue weighted by Gasteiger charge is 2.24. The summed E-state index contributed by atoms with van der Waals surface area (Å²) in [5, 5.41) is 3.36. The Labute approximate surface area is 178 Å². The average molecular weight is 433 g/mol. The molecule has 3 rings (SSSR count). The van der Waals surface area contributed by atoms with Gasteiger partial charge >= 0.3 is 0 Å². The van der Waals surface area contributed by atoms with Gasteiger partial charge in [-0.05, 0) is 49.7 Å². The molecule has 3 aromatic rings. The van der Waals surface area contributed by atoms with Crippen LogP contribution in [0.4, 0.5) is 4.39 Å². The minimum atomic E-state index is -0.513. The number of aromatic nitrogens is 1. The normalized spacial score (nSPS) is 11.9. The number of nitrogens with zero attached hydrogens (tertiary/aromatic N) is 2. The van der Waals surface area contributed by atoms with Gasteiger partial charge in [0.1, 0.15) is 23.2 Å². The van der Waals surface area contributed by atoms with Crippen LogP contribution in [0, 0.1) is 5.82 Å².